The summed E-state index contributed by atoms with van der Waals surface area (Å²) in [5.41, 5.74) is 1.54. The molecule has 0 radical (unpaired) electrons. The first-order valence-corrected chi connectivity index (χ1v) is 10.6. The molecule has 1 amide bonds. The van der Waals surface area contributed by atoms with Gasteiger partial charge in [-0.25, -0.2) is 8.42 Å². The van der Waals surface area contributed by atoms with Gasteiger partial charge >= 0.3 is 0 Å². The fourth-order valence-corrected chi connectivity index (χ4v) is 4.02. The van der Waals surface area contributed by atoms with Crippen molar-refractivity contribution in [3.63, 3.8) is 0 Å². The first kappa shape index (κ1) is 20.2. The van der Waals surface area contributed by atoms with Crippen LogP contribution in [-0.4, -0.2) is 52.1 Å². The second-order valence-electron chi connectivity index (χ2n) is 6.44. The van der Waals surface area contributed by atoms with Crippen LogP contribution in [0.15, 0.2) is 47.4 Å². The third kappa shape index (κ3) is 4.63. The number of ether oxygens (including phenoxy) is 2. The van der Waals surface area contributed by atoms with Crippen LogP contribution in [0.25, 0.3) is 0 Å². The highest BCUT2D eigenvalue weighted by molar-refractivity contribution is 7.92. The molecule has 2 aromatic rings. The SMILES string of the molecule is CCOc1ccc(NS(=O)(=O)c2ccc(C)c(C(=O)N3CCOCC3)c2)cc1. The van der Waals surface area contributed by atoms with Gasteiger partial charge in [0.25, 0.3) is 15.9 Å². The minimum atomic E-state index is -3.83. The number of nitrogens with one attached hydrogen (secondary N) is 1. The standard InChI is InChI=1S/C20H24N2O5S/c1-3-27-17-7-5-16(6-8-17)21-28(24,25)18-9-4-15(2)19(14-18)20(23)22-10-12-26-13-11-22/h4-9,14,21H,3,10-13H2,1-2H3. The maximum absolute atomic E-state index is 12.8. The molecule has 1 saturated heterocycles. The summed E-state index contributed by atoms with van der Waals surface area (Å²) in [6.45, 7) is 6.19. The smallest absolute Gasteiger partial charge is 0.261 e. The molecule has 0 aliphatic carbocycles. The van der Waals surface area contributed by atoms with Crippen molar-refractivity contribution in [2.24, 2.45) is 0 Å². The Morgan fingerprint density at radius 1 is 1.14 bits per heavy atom. The summed E-state index contributed by atoms with van der Waals surface area (Å²) in [6, 6.07) is 11.3. The van der Waals surface area contributed by atoms with Crippen molar-refractivity contribution in [1.29, 1.82) is 0 Å². The van der Waals surface area contributed by atoms with Crippen molar-refractivity contribution in [1.82, 2.24) is 4.90 Å². The van der Waals surface area contributed by atoms with Gasteiger partial charge < -0.3 is 14.4 Å². The first-order valence-electron chi connectivity index (χ1n) is 9.14. The largest absolute Gasteiger partial charge is 0.494 e. The number of morpholine rings is 1. The molecule has 1 aliphatic heterocycles. The molecule has 0 spiro atoms. The van der Waals surface area contributed by atoms with Gasteiger partial charge in [0.2, 0.25) is 0 Å². The van der Waals surface area contributed by atoms with Gasteiger partial charge in [-0.05, 0) is 55.8 Å². The summed E-state index contributed by atoms with van der Waals surface area (Å²) in [5.74, 6) is 0.484. The molecule has 0 unspecified atom stereocenters. The number of amides is 1. The number of hydrogen-bond donors (Lipinski definition) is 1. The Labute approximate surface area is 165 Å². The molecule has 0 aromatic heterocycles. The maximum atomic E-state index is 12.8. The normalized spacial score (nSPS) is 14.6. The molecule has 0 atom stereocenters. The van der Waals surface area contributed by atoms with Crippen LogP contribution < -0.4 is 9.46 Å². The van der Waals surface area contributed by atoms with Crippen molar-refractivity contribution in [3.05, 3.63) is 53.6 Å². The summed E-state index contributed by atoms with van der Waals surface area (Å²) in [4.78, 5) is 14.5. The van der Waals surface area contributed by atoms with E-state index >= 15 is 0 Å². The Morgan fingerprint density at radius 2 is 1.82 bits per heavy atom. The Kier molecular flexibility index (Phi) is 6.21. The van der Waals surface area contributed by atoms with Crippen molar-refractivity contribution < 1.29 is 22.7 Å². The van der Waals surface area contributed by atoms with E-state index in [9.17, 15) is 13.2 Å². The van der Waals surface area contributed by atoms with Crippen molar-refractivity contribution in [3.8, 4) is 5.75 Å². The quantitative estimate of drug-likeness (QED) is 0.800. The predicted molar refractivity (Wildman–Crippen MR) is 106 cm³/mol. The summed E-state index contributed by atoms with van der Waals surface area (Å²) in [5, 5.41) is 0. The minimum Gasteiger partial charge on any atom is -0.494 e. The number of carbonyl (C=O) groups excluding carboxylic acids is 1. The summed E-state index contributed by atoms with van der Waals surface area (Å²) in [7, 11) is -3.83. The molecule has 7 nitrogen and oxygen atoms in total. The van der Waals surface area contributed by atoms with E-state index in [2.05, 4.69) is 4.72 Å². The van der Waals surface area contributed by atoms with Gasteiger partial charge in [-0.15, -0.1) is 0 Å². The highest BCUT2D eigenvalue weighted by Crippen LogP contribution is 2.22. The molecule has 2 aromatic carbocycles. The molecular weight excluding hydrogens is 380 g/mol. The second kappa shape index (κ2) is 8.62. The summed E-state index contributed by atoms with van der Waals surface area (Å²) in [6.07, 6.45) is 0. The molecule has 1 heterocycles. The molecule has 0 bridgehead atoms. The van der Waals surface area contributed by atoms with Gasteiger partial charge in [-0.3, -0.25) is 9.52 Å². The van der Waals surface area contributed by atoms with E-state index in [0.717, 1.165) is 5.56 Å². The summed E-state index contributed by atoms with van der Waals surface area (Å²) < 4.78 is 38.8. The molecule has 1 fully saturated rings. The van der Waals surface area contributed by atoms with E-state index < -0.39 is 10.0 Å². The van der Waals surface area contributed by atoms with Crippen molar-refractivity contribution >= 4 is 21.6 Å². The molecule has 1 N–H and O–H groups in total. The molecular formula is C20H24N2O5S. The highest BCUT2D eigenvalue weighted by Gasteiger charge is 2.23. The predicted octanol–water partition coefficient (Wildman–Crippen LogP) is 2.67. The van der Waals surface area contributed by atoms with Gasteiger partial charge in [-0.2, -0.15) is 0 Å². The van der Waals surface area contributed by atoms with Gasteiger partial charge in [0.05, 0.1) is 24.7 Å². The van der Waals surface area contributed by atoms with Gasteiger partial charge in [-0.1, -0.05) is 6.07 Å². The molecule has 0 saturated carbocycles. The average Bonchev–Trinajstić information content (AvgIpc) is 2.70. The van der Waals surface area contributed by atoms with E-state index in [1.54, 1.807) is 42.2 Å². The minimum absolute atomic E-state index is 0.0450. The van der Waals surface area contributed by atoms with Gasteiger partial charge in [0, 0.05) is 24.3 Å². The summed E-state index contributed by atoms with van der Waals surface area (Å²) >= 11 is 0. The molecule has 1 aliphatic rings. The highest BCUT2D eigenvalue weighted by atomic mass is 32.2. The number of nitrogens with zero attached hydrogens (tertiary/aromatic N) is 1. The fourth-order valence-electron chi connectivity index (χ4n) is 2.94. The molecule has 28 heavy (non-hydrogen) atoms. The number of benzene rings is 2. The van der Waals surface area contributed by atoms with E-state index in [1.807, 2.05) is 6.92 Å². The van der Waals surface area contributed by atoms with Crippen molar-refractivity contribution in [2.45, 2.75) is 18.7 Å². The van der Waals surface area contributed by atoms with Crippen LogP contribution in [0.5, 0.6) is 5.75 Å². The zero-order chi connectivity index (χ0) is 20.1. The number of hydrogen-bond acceptors (Lipinski definition) is 5. The van der Waals surface area contributed by atoms with Gasteiger partial charge in [0.15, 0.2) is 0 Å². The Bertz CT molecular complexity index is 936. The number of rotatable bonds is 6. The van der Waals surface area contributed by atoms with E-state index in [-0.39, 0.29) is 10.8 Å². The van der Waals surface area contributed by atoms with Crippen LogP contribution in [0.3, 0.4) is 0 Å². The Morgan fingerprint density at radius 3 is 2.46 bits per heavy atom. The first-order chi connectivity index (χ1) is 13.4. The van der Waals surface area contributed by atoms with Crippen LogP contribution in [0, 0.1) is 6.92 Å². The Hall–Kier alpha value is -2.58. The molecule has 8 heteroatoms. The number of aryl methyl sites for hydroxylation is 1. The van der Waals surface area contributed by atoms with Crippen LogP contribution in [0.4, 0.5) is 5.69 Å². The number of sulfonamides is 1. The number of anilines is 1. The molecule has 150 valence electrons. The third-order valence-electron chi connectivity index (χ3n) is 4.47. The van der Waals surface area contributed by atoms with E-state index in [0.29, 0.717) is 49.9 Å². The maximum Gasteiger partial charge on any atom is 0.261 e. The van der Waals surface area contributed by atoms with Crippen molar-refractivity contribution in [2.75, 3.05) is 37.6 Å². The number of carbonyl (C=O) groups is 1. The second-order valence-corrected chi connectivity index (χ2v) is 8.13. The monoisotopic (exact) mass is 404 g/mol. The van der Waals surface area contributed by atoms with Gasteiger partial charge in [0.1, 0.15) is 5.75 Å². The Balaban J connectivity index is 1.82. The average molecular weight is 404 g/mol. The van der Waals surface area contributed by atoms with Crippen LogP contribution in [0.2, 0.25) is 0 Å². The van der Waals surface area contributed by atoms with E-state index in [1.165, 1.54) is 12.1 Å². The lowest BCUT2D eigenvalue weighted by Crippen LogP contribution is -2.41. The topological polar surface area (TPSA) is 84.9 Å². The lowest BCUT2D eigenvalue weighted by atomic mass is 10.1. The van der Waals surface area contributed by atoms with Crippen LogP contribution >= 0.6 is 0 Å². The zero-order valence-electron chi connectivity index (χ0n) is 16.0. The molecule has 3 rings (SSSR count). The van der Waals surface area contributed by atoms with Crippen LogP contribution in [0.1, 0.15) is 22.8 Å². The zero-order valence-corrected chi connectivity index (χ0v) is 16.8. The van der Waals surface area contributed by atoms with Crippen LogP contribution in [-0.2, 0) is 14.8 Å². The third-order valence-corrected chi connectivity index (χ3v) is 5.84. The fraction of sp³-hybridized carbons (Fsp3) is 0.350. The lowest BCUT2D eigenvalue weighted by molar-refractivity contribution is 0.0302. The van der Waals surface area contributed by atoms with E-state index in [4.69, 9.17) is 9.47 Å². The lowest BCUT2D eigenvalue weighted by Gasteiger charge is -2.27.